The van der Waals surface area contributed by atoms with Crippen molar-refractivity contribution in [2.45, 2.75) is 32.9 Å². The average Bonchev–Trinajstić information content (AvgIpc) is 3.67. The van der Waals surface area contributed by atoms with Crippen molar-refractivity contribution in [3.63, 3.8) is 0 Å². The first-order chi connectivity index (χ1) is 18.5. The van der Waals surface area contributed by atoms with Gasteiger partial charge in [-0.2, -0.15) is 5.10 Å². The third kappa shape index (κ3) is 5.62. The number of carbonyl (C=O) groups is 1. The van der Waals surface area contributed by atoms with Crippen molar-refractivity contribution in [2.75, 3.05) is 7.11 Å². The van der Waals surface area contributed by atoms with Crippen LogP contribution in [-0.4, -0.2) is 33.0 Å². The molecule has 0 amide bonds. The Bertz CT molecular complexity index is 1520. The van der Waals surface area contributed by atoms with E-state index in [1.165, 1.54) is 0 Å². The Hall–Kier alpha value is -4.79. The maximum Gasteiger partial charge on any atom is 0.303 e. The number of methoxy groups -OCH3 is 1. The second-order valence-electron chi connectivity index (χ2n) is 8.73. The van der Waals surface area contributed by atoms with Gasteiger partial charge in [0.2, 0.25) is 0 Å². The zero-order chi connectivity index (χ0) is 26.5. The first-order valence-corrected chi connectivity index (χ1v) is 12.1. The molecular weight excluding hydrogens is 486 g/mol. The summed E-state index contributed by atoms with van der Waals surface area (Å²) in [6.07, 6.45) is 3.92. The molecule has 38 heavy (non-hydrogen) atoms. The number of aromatic nitrogens is 3. The number of hydrogen-bond donors (Lipinski definition) is 1. The highest BCUT2D eigenvalue weighted by Gasteiger charge is 2.16. The number of benzene rings is 2. The summed E-state index contributed by atoms with van der Waals surface area (Å²) >= 11 is 0. The Kier molecular flexibility index (Phi) is 7.26. The lowest BCUT2D eigenvalue weighted by Crippen LogP contribution is -2.03. The van der Waals surface area contributed by atoms with Crippen molar-refractivity contribution >= 4 is 5.97 Å². The molecule has 3 heterocycles. The number of carboxylic acids is 1. The minimum absolute atomic E-state index is 0.0411. The molecule has 1 N–H and O–H groups in total. The molecule has 0 saturated heterocycles. The predicted molar refractivity (Wildman–Crippen MR) is 139 cm³/mol. The predicted octanol–water partition coefficient (Wildman–Crippen LogP) is 5.76. The maximum absolute atomic E-state index is 11.2. The molecular formula is C29H27N3O6. The number of nitrogens with zero attached hydrogens (tertiary/aromatic N) is 3. The number of ether oxygens (including phenoxy) is 2. The lowest BCUT2D eigenvalue weighted by Gasteiger charge is -2.12. The van der Waals surface area contributed by atoms with Crippen LogP contribution >= 0.6 is 0 Å². The second kappa shape index (κ2) is 11.1. The molecule has 3 aromatic heterocycles. The fraction of sp³-hybridized carbons (Fsp3) is 0.207. The Morgan fingerprint density at radius 2 is 1.92 bits per heavy atom. The lowest BCUT2D eigenvalue weighted by molar-refractivity contribution is -0.136. The summed E-state index contributed by atoms with van der Waals surface area (Å²) in [6, 6.07) is 19.0. The van der Waals surface area contributed by atoms with Crippen molar-refractivity contribution in [2.24, 2.45) is 0 Å². The quantitative estimate of drug-likeness (QED) is 0.237. The molecule has 0 fully saturated rings. The van der Waals surface area contributed by atoms with Crippen LogP contribution in [0.5, 0.6) is 11.5 Å². The molecule has 9 heteroatoms. The molecule has 9 nitrogen and oxygen atoms in total. The Morgan fingerprint density at radius 1 is 1.08 bits per heavy atom. The number of oxazole rings is 1. The van der Waals surface area contributed by atoms with Gasteiger partial charge in [0.15, 0.2) is 17.3 Å². The van der Waals surface area contributed by atoms with E-state index in [0.29, 0.717) is 47.6 Å². The molecule has 0 saturated carbocycles. The van der Waals surface area contributed by atoms with Crippen molar-refractivity contribution < 1.29 is 28.2 Å². The van der Waals surface area contributed by atoms with Crippen molar-refractivity contribution in [1.82, 2.24) is 14.8 Å². The topological polar surface area (TPSA) is 113 Å². The van der Waals surface area contributed by atoms with Crippen LogP contribution in [0, 0.1) is 6.92 Å². The number of rotatable bonds is 11. The summed E-state index contributed by atoms with van der Waals surface area (Å²) in [7, 11) is 1.59. The van der Waals surface area contributed by atoms with E-state index in [1.54, 1.807) is 25.5 Å². The molecule has 0 aliphatic heterocycles. The molecule has 5 aromatic rings. The average molecular weight is 514 g/mol. The summed E-state index contributed by atoms with van der Waals surface area (Å²) in [5.41, 5.74) is 4.25. The molecule has 0 unspecified atom stereocenters. The van der Waals surface area contributed by atoms with Crippen LogP contribution in [0.15, 0.2) is 82.0 Å². The normalized spacial score (nSPS) is 11.0. The molecule has 0 bridgehead atoms. The fourth-order valence-corrected chi connectivity index (χ4v) is 4.14. The second-order valence-corrected chi connectivity index (χ2v) is 8.73. The van der Waals surface area contributed by atoms with Crippen LogP contribution < -0.4 is 9.47 Å². The first-order valence-electron chi connectivity index (χ1n) is 12.1. The van der Waals surface area contributed by atoms with Gasteiger partial charge in [0.1, 0.15) is 18.1 Å². The van der Waals surface area contributed by atoms with E-state index in [0.717, 1.165) is 22.4 Å². The molecule has 0 atom stereocenters. The van der Waals surface area contributed by atoms with Gasteiger partial charge in [-0.05, 0) is 48.7 Å². The number of aliphatic carboxylic acids is 1. The summed E-state index contributed by atoms with van der Waals surface area (Å²) in [4.78, 5) is 15.7. The van der Waals surface area contributed by atoms with Gasteiger partial charge >= 0.3 is 5.97 Å². The van der Waals surface area contributed by atoms with Crippen LogP contribution in [0.1, 0.15) is 29.0 Å². The fourth-order valence-electron chi connectivity index (χ4n) is 4.14. The van der Waals surface area contributed by atoms with E-state index < -0.39 is 5.97 Å². The van der Waals surface area contributed by atoms with Crippen LogP contribution in [-0.2, 0) is 24.4 Å². The highest BCUT2D eigenvalue weighted by atomic mass is 16.5. The van der Waals surface area contributed by atoms with E-state index in [4.69, 9.17) is 23.4 Å². The number of hydrogen-bond acceptors (Lipinski definition) is 7. The largest absolute Gasteiger partial charge is 0.493 e. The Morgan fingerprint density at radius 3 is 2.66 bits per heavy atom. The van der Waals surface area contributed by atoms with Gasteiger partial charge in [-0.15, -0.1) is 0 Å². The molecule has 0 spiro atoms. The van der Waals surface area contributed by atoms with Gasteiger partial charge in [0, 0.05) is 18.2 Å². The number of carboxylic acid groups (broad SMARTS) is 1. The van der Waals surface area contributed by atoms with Gasteiger partial charge in [0.25, 0.3) is 5.89 Å². The van der Waals surface area contributed by atoms with Gasteiger partial charge in [-0.1, -0.05) is 36.4 Å². The number of furan rings is 1. The Labute approximate surface area is 219 Å². The molecule has 194 valence electrons. The minimum Gasteiger partial charge on any atom is -0.493 e. The summed E-state index contributed by atoms with van der Waals surface area (Å²) < 4.78 is 24.5. The van der Waals surface area contributed by atoms with Crippen molar-refractivity contribution in [1.29, 1.82) is 0 Å². The number of aryl methyl sites for hydroxylation is 2. The Balaban J connectivity index is 1.32. The van der Waals surface area contributed by atoms with Gasteiger partial charge in [-0.3, -0.25) is 9.48 Å². The standard InChI is InChI=1S/C29H27N3O6/c1-19-23(30-29(38-19)25-9-6-14-36-25)18-37-24-12-10-20(15-26(24)35-2)16-32-17-22(11-13-27(33)34)28(31-32)21-7-4-3-5-8-21/h3-10,12,14-15,17H,11,13,16,18H2,1-2H3,(H,33,34). The van der Waals surface area contributed by atoms with Crippen molar-refractivity contribution in [3.8, 4) is 34.4 Å². The zero-order valence-corrected chi connectivity index (χ0v) is 21.1. The maximum atomic E-state index is 11.2. The molecule has 0 aliphatic carbocycles. The van der Waals surface area contributed by atoms with Crippen LogP contribution in [0.3, 0.4) is 0 Å². The third-order valence-electron chi connectivity index (χ3n) is 6.05. The minimum atomic E-state index is -0.838. The van der Waals surface area contributed by atoms with Crippen molar-refractivity contribution in [3.05, 3.63) is 95.7 Å². The highest BCUT2D eigenvalue weighted by Crippen LogP contribution is 2.31. The van der Waals surface area contributed by atoms with Crippen LogP contribution in [0.2, 0.25) is 0 Å². The van der Waals surface area contributed by atoms with E-state index in [1.807, 2.05) is 66.3 Å². The third-order valence-corrected chi connectivity index (χ3v) is 6.05. The summed E-state index contributed by atoms with van der Waals surface area (Å²) in [6.45, 7) is 2.52. The summed E-state index contributed by atoms with van der Waals surface area (Å²) in [5, 5.41) is 13.9. The smallest absolute Gasteiger partial charge is 0.303 e. The SMILES string of the molecule is COc1cc(Cn2cc(CCC(=O)O)c(-c3ccccc3)n2)ccc1OCc1nc(-c2ccco2)oc1C. The van der Waals surface area contributed by atoms with E-state index >= 15 is 0 Å². The monoisotopic (exact) mass is 513 g/mol. The molecule has 2 aromatic carbocycles. The van der Waals surface area contributed by atoms with Crippen LogP contribution in [0.4, 0.5) is 0 Å². The zero-order valence-electron chi connectivity index (χ0n) is 21.1. The molecule has 0 aliphatic rings. The first kappa shape index (κ1) is 24.9. The van der Waals surface area contributed by atoms with E-state index in [-0.39, 0.29) is 13.0 Å². The molecule has 5 rings (SSSR count). The van der Waals surface area contributed by atoms with Gasteiger partial charge in [0.05, 0.1) is 25.6 Å². The lowest BCUT2D eigenvalue weighted by atomic mass is 10.0. The molecule has 0 radical (unpaired) electrons. The van der Waals surface area contributed by atoms with Crippen LogP contribution in [0.25, 0.3) is 22.9 Å². The summed E-state index contributed by atoms with van der Waals surface area (Å²) in [5.74, 6) is 1.93. The van der Waals surface area contributed by atoms with E-state index in [9.17, 15) is 9.90 Å². The highest BCUT2D eigenvalue weighted by molar-refractivity contribution is 5.68. The van der Waals surface area contributed by atoms with Gasteiger partial charge < -0.3 is 23.4 Å². The van der Waals surface area contributed by atoms with Gasteiger partial charge in [-0.25, -0.2) is 4.98 Å². The van der Waals surface area contributed by atoms with E-state index in [2.05, 4.69) is 4.98 Å².